The molecule has 1 amide bonds. The third kappa shape index (κ3) is 7.21. The maximum absolute atomic E-state index is 11.7. The fourth-order valence-corrected chi connectivity index (χ4v) is 3.90. The van der Waals surface area contributed by atoms with Gasteiger partial charge in [0.25, 0.3) is 0 Å². The number of carbonyl (C=O) groups excluding carboxylic acids is 1. The largest absolute Gasteiger partial charge is 0.494 e. The van der Waals surface area contributed by atoms with Gasteiger partial charge in [-0.2, -0.15) is 11.8 Å². The van der Waals surface area contributed by atoms with E-state index in [0.717, 1.165) is 29.7 Å². The van der Waals surface area contributed by atoms with Crippen LogP contribution in [0.15, 0.2) is 30.3 Å². The van der Waals surface area contributed by atoms with Crippen LogP contribution in [0.4, 0.5) is 0 Å². The van der Waals surface area contributed by atoms with Crippen LogP contribution in [0.3, 0.4) is 0 Å². The molecule has 1 aromatic carbocycles. The van der Waals surface area contributed by atoms with E-state index in [1.165, 1.54) is 32.1 Å². The molecule has 2 rings (SSSR count). The van der Waals surface area contributed by atoms with E-state index < -0.39 is 0 Å². The topological polar surface area (TPSA) is 38.3 Å². The SMILES string of the molecule is O=C(CCCOc1ccccc1)NCCSC1CCCCC1. The molecule has 0 saturated heterocycles. The van der Waals surface area contributed by atoms with Crippen LogP contribution < -0.4 is 10.1 Å². The third-order valence-corrected chi connectivity index (χ3v) is 5.27. The van der Waals surface area contributed by atoms with E-state index in [9.17, 15) is 4.79 Å². The van der Waals surface area contributed by atoms with Gasteiger partial charge in [-0.25, -0.2) is 0 Å². The average molecular weight is 321 g/mol. The normalized spacial score (nSPS) is 15.5. The Morgan fingerprint density at radius 3 is 2.73 bits per heavy atom. The lowest BCUT2D eigenvalue weighted by molar-refractivity contribution is -0.121. The first kappa shape index (κ1) is 17.2. The highest BCUT2D eigenvalue weighted by atomic mass is 32.2. The fraction of sp³-hybridized carbons (Fsp3) is 0.611. The van der Waals surface area contributed by atoms with Crippen molar-refractivity contribution < 1.29 is 9.53 Å². The predicted molar refractivity (Wildman–Crippen MR) is 93.5 cm³/mol. The predicted octanol–water partition coefficient (Wildman–Crippen LogP) is 4.03. The molecule has 0 aliphatic heterocycles. The van der Waals surface area contributed by atoms with Gasteiger partial charge in [0.05, 0.1) is 6.61 Å². The second-order valence-corrected chi connectivity index (χ2v) is 7.15. The van der Waals surface area contributed by atoms with Crippen LogP contribution in [-0.4, -0.2) is 30.1 Å². The summed E-state index contributed by atoms with van der Waals surface area (Å²) < 4.78 is 5.58. The van der Waals surface area contributed by atoms with E-state index in [0.29, 0.717) is 13.0 Å². The Bertz CT molecular complexity index is 418. The van der Waals surface area contributed by atoms with Gasteiger partial charge >= 0.3 is 0 Å². The van der Waals surface area contributed by atoms with Crippen molar-refractivity contribution in [1.82, 2.24) is 5.32 Å². The Labute approximate surface area is 138 Å². The minimum absolute atomic E-state index is 0.140. The Morgan fingerprint density at radius 2 is 1.95 bits per heavy atom. The minimum atomic E-state index is 0.140. The molecule has 1 N–H and O–H groups in total. The molecule has 0 aromatic heterocycles. The highest BCUT2D eigenvalue weighted by Crippen LogP contribution is 2.27. The molecule has 0 bridgehead atoms. The summed E-state index contributed by atoms with van der Waals surface area (Å²) in [5.41, 5.74) is 0. The molecule has 3 nitrogen and oxygen atoms in total. The Morgan fingerprint density at radius 1 is 1.18 bits per heavy atom. The first-order valence-electron chi connectivity index (χ1n) is 8.41. The number of ether oxygens (including phenoxy) is 1. The van der Waals surface area contributed by atoms with E-state index in [4.69, 9.17) is 4.74 Å². The summed E-state index contributed by atoms with van der Waals surface area (Å²) in [6.45, 7) is 1.38. The number of nitrogens with one attached hydrogen (secondary N) is 1. The van der Waals surface area contributed by atoms with Gasteiger partial charge in [0.2, 0.25) is 5.91 Å². The van der Waals surface area contributed by atoms with Crippen LogP contribution in [0.25, 0.3) is 0 Å². The summed E-state index contributed by atoms with van der Waals surface area (Å²) in [5, 5.41) is 3.83. The Balaban J connectivity index is 1.44. The summed E-state index contributed by atoms with van der Waals surface area (Å²) in [6, 6.07) is 9.73. The second-order valence-electron chi connectivity index (χ2n) is 5.75. The van der Waals surface area contributed by atoms with Crippen molar-refractivity contribution in [1.29, 1.82) is 0 Å². The van der Waals surface area contributed by atoms with Crippen molar-refractivity contribution in [2.24, 2.45) is 0 Å². The molecule has 0 spiro atoms. The first-order chi connectivity index (χ1) is 10.8. The Kier molecular flexibility index (Phi) is 8.24. The molecule has 0 radical (unpaired) electrons. The number of thioether (sulfide) groups is 1. The molecule has 1 saturated carbocycles. The van der Waals surface area contributed by atoms with E-state index in [-0.39, 0.29) is 5.91 Å². The summed E-state index contributed by atoms with van der Waals surface area (Å²) in [7, 11) is 0. The summed E-state index contributed by atoms with van der Waals surface area (Å²) in [6.07, 6.45) is 8.18. The van der Waals surface area contributed by atoms with Crippen LogP contribution in [0.2, 0.25) is 0 Å². The van der Waals surface area contributed by atoms with E-state index in [1.54, 1.807) is 0 Å². The number of carbonyl (C=O) groups is 1. The number of amides is 1. The molecule has 1 aromatic rings. The van der Waals surface area contributed by atoms with Crippen LogP contribution >= 0.6 is 11.8 Å². The minimum Gasteiger partial charge on any atom is -0.494 e. The number of rotatable bonds is 9. The monoisotopic (exact) mass is 321 g/mol. The lowest BCUT2D eigenvalue weighted by atomic mass is 10.0. The van der Waals surface area contributed by atoms with Gasteiger partial charge in [-0.05, 0) is 31.4 Å². The van der Waals surface area contributed by atoms with E-state index >= 15 is 0 Å². The van der Waals surface area contributed by atoms with Gasteiger partial charge in [-0.1, -0.05) is 37.5 Å². The zero-order valence-electron chi connectivity index (χ0n) is 13.3. The van der Waals surface area contributed by atoms with Crippen LogP contribution in [0, 0.1) is 0 Å². The van der Waals surface area contributed by atoms with Crippen molar-refractivity contribution >= 4 is 17.7 Å². The maximum atomic E-state index is 11.7. The van der Waals surface area contributed by atoms with Gasteiger partial charge < -0.3 is 10.1 Å². The molecular weight excluding hydrogens is 294 g/mol. The standard InChI is InChI=1S/C18H27NO2S/c20-18(12-7-14-21-16-8-3-1-4-9-16)19-13-15-22-17-10-5-2-6-11-17/h1,3-4,8-9,17H,2,5-7,10-15H2,(H,19,20). The summed E-state index contributed by atoms with van der Waals surface area (Å²) in [5.74, 6) is 2.05. The van der Waals surface area contributed by atoms with Crippen molar-refractivity contribution in [2.75, 3.05) is 18.9 Å². The second kappa shape index (κ2) is 10.5. The Hall–Kier alpha value is -1.16. The molecule has 1 fully saturated rings. The van der Waals surface area contributed by atoms with Gasteiger partial charge in [0.15, 0.2) is 0 Å². The van der Waals surface area contributed by atoms with Crippen molar-refractivity contribution in [3.63, 3.8) is 0 Å². The van der Waals surface area contributed by atoms with Gasteiger partial charge in [-0.15, -0.1) is 0 Å². The molecule has 1 aliphatic rings. The smallest absolute Gasteiger partial charge is 0.220 e. The molecule has 22 heavy (non-hydrogen) atoms. The quantitative estimate of drug-likeness (QED) is 0.698. The third-order valence-electron chi connectivity index (χ3n) is 3.89. The molecule has 0 atom stereocenters. The molecule has 0 unspecified atom stereocenters. The molecule has 1 aliphatic carbocycles. The number of hydrogen-bond acceptors (Lipinski definition) is 3. The van der Waals surface area contributed by atoms with Gasteiger partial charge in [0, 0.05) is 24.0 Å². The first-order valence-corrected chi connectivity index (χ1v) is 9.45. The lowest BCUT2D eigenvalue weighted by Crippen LogP contribution is -2.26. The van der Waals surface area contributed by atoms with Crippen molar-refractivity contribution in [2.45, 2.75) is 50.2 Å². The van der Waals surface area contributed by atoms with Gasteiger partial charge in [0.1, 0.15) is 5.75 Å². The van der Waals surface area contributed by atoms with Crippen LogP contribution in [0.5, 0.6) is 5.75 Å². The van der Waals surface area contributed by atoms with Crippen LogP contribution in [-0.2, 0) is 4.79 Å². The molecule has 4 heteroatoms. The average Bonchev–Trinajstić information content (AvgIpc) is 2.57. The van der Waals surface area contributed by atoms with E-state index in [1.807, 2.05) is 42.1 Å². The van der Waals surface area contributed by atoms with E-state index in [2.05, 4.69) is 5.32 Å². The zero-order chi connectivity index (χ0) is 15.5. The fourth-order valence-electron chi connectivity index (χ4n) is 2.68. The number of hydrogen-bond donors (Lipinski definition) is 1. The van der Waals surface area contributed by atoms with Crippen molar-refractivity contribution in [3.8, 4) is 5.75 Å². The molecular formula is C18H27NO2S. The van der Waals surface area contributed by atoms with Crippen LogP contribution in [0.1, 0.15) is 44.9 Å². The van der Waals surface area contributed by atoms with Crippen molar-refractivity contribution in [3.05, 3.63) is 30.3 Å². The number of para-hydroxylation sites is 1. The summed E-state index contributed by atoms with van der Waals surface area (Å²) in [4.78, 5) is 11.7. The zero-order valence-corrected chi connectivity index (χ0v) is 14.1. The highest BCUT2D eigenvalue weighted by molar-refractivity contribution is 7.99. The lowest BCUT2D eigenvalue weighted by Gasteiger charge is -2.20. The molecule has 122 valence electrons. The number of benzene rings is 1. The van der Waals surface area contributed by atoms with Gasteiger partial charge in [-0.3, -0.25) is 4.79 Å². The molecule has 0 heterocycles. The maximum Gasteiger partial charge on any atom is 0.220 e. The highest BCUT2D eigenvalue weighted by Gasteiger charge is 2.13. The summed E-state index contributed by atoms with van der Waals surface area (Å²) >= 11 is 2.03.